The monoisotopic (exact) mass is 230 g/mol. The zero-order valence-corrected chi connectivity index (χ0v) is 7.88. The number of benzene rings is 1. The van der Waals surface area contributed by atoms with Gasteiger partial charge in [-0.05, 0) is 18.2 Å². The van der Waals surface area contributed by atoms with Crippen LogP contribution in [0, 0.1) is 5.82 Å². The van der Waals surface area contributed by atoms with Crippen LogP contribution in [0.2, 0.25) is 0 Å². The summed E-state index contributed by atoms with van der Waals surface area (Å²) in [4.78, 5) is 0. The fourth-order valence-corrected chi connectivity index (χ4v) is 2.33. The fourth-order valence-electron chi connectivity index (χ4n) is 0.970. The van der Waals surface area contributed by atoms with Crippen molar-refractivity contribution in [1.29, 1.82) is 0 Å². The molecule has 2 aromatic rings. The van der Waals surface area contributed by atoms with Gasteiger partial charge in [0.2, 0.25) is 0 Å². The Balaban J connectivity index is 2.86. The van der Waals surface area contributed by atoms with E-state index in [4.69, 9.17) is 0 Å². The van der Waals surface area contributed by atoms with Crippen molar-refractivity contribution in [3.8, 4) is 0 Å². The zero-order chi connectivity index (χ0) is 7.84. The third kappa shape index (κ3) is 1.19. The van der Waals surface area contributed by atoms with Crippen LogP contribution in [0.4, 0.5) is 4.39 Å². The highest BCUT2D eigenvalue weighted by molar-refractivity contribution is 9.10. The summed E-state index contributed by atoms with van der Waals surface area (Å²) in [6, 6.07) is 5.55. The molecule has 56 valence electrons. The van der Waals surface area contributed by atoms with Gasteiger partial charge >= 0.3 is 0 Å². The Hall–Kier alpha value is -0.410. The van der Waals surface area contributed by atoms with Gasteiger partial charge in [-0.25, -0.2) is 4.39 Å². The average Bonchev–Trinajstić information content (AvgIpc) is 2.32. The maximum Gasteiger partial charge on any atom is 0.141 e. The van der Waals surface area contributed by atoms with Crippen molar-refractivity contribution in [1.82, 2.24) is 0 Å². The van der Waals surface area contributed by atoms with E-state index >= 15 is 0 Å². The molecule has 0 nitrogen and oxygen atoms in total. The van der Waals surface area contributed by atoms with Gasteiger partial charge in [0.05, 0.1) is 0 Å². The van der Waals surface area contributed by atoms with Crippen molar-refractivity contribution in [3.63, 3.8) is 0 Å². The fraction of sp³-hybridized carbons (Fsp3) is 0. The van der Waals surface area contributed by atoms with Crippen molar-refractivity contribution < 1.29 is 4.39 Å². The molecule has 0 aliphatic carbocycles. The molecule has 2 rings (SSSR count). The number of fused-ring (bicyclic) bond motifs is 1. The summed E-state index contributed by atoms with van der Waals surface area (Å²) >= 11 is 4.75. The summed E-state index contributed by atoms with van der Waals surface area (Å²) in [6.45, 7) is 0. The molecule has 0 atom stereocenters. The second-order valence-corrected chi connectivity index (χ2v) is 4.05. The molecule has 0 saturated carbocycles. The lowest BCUT2D eigenvalue weighted by Crippen LogP contribution is -1.67. The summed E-state index contributed by atoms with van der Waals surface area (Å²) in [5.74, 6) is -0.127. The van der Waals surface area contributed by atoms with E-state index in [0.717, 1.165) is 9.17 Å². The van der Waals surface area contributed by atoms with Crippen LogP contribution < -0.4 is 0 Å². The summed E-state index contributed by atoms with van der Waals surface area (Å²) in [5, 5.41) is 2.23. The number of rotatable bonds is 0. The molecular weight excluding hydrogens is 227 g/mol. The lowest BCUT2D eigenvalue weighted by Gasteiger charge is -1.89. The van der Waals surface area contributed by atoms with Crippen LogP contribution in [-0.4, -0.2) is 0 Å². The first-order valence-corrected chi connectivity index (χ1v) is 4.77. The van der Waals surface area contributed by atoms with Gasteiger partial charge in [0.15, 0.2) is 0 Å². The van der Waals surface area contributed by atoms with E-state index in [1.165, 1.54) is 16.7 Å². The van der Waals surface area contributed by atoms with E-state index < -0.39 is 0 Å². The smallest absolute Gasteiger partial charge is 0.141 e. The first-order chi connectivity index (χ1) is 5.27. The normalized spacial score (nSPS) is 10.7. The van der Waals surface area contributed by atoms with Crippen LogP contribution in [0.5, 0.6) is 0 Å². The van der Waals surface area contributed by atoms with Crippen LogP contribution in [-0.2, 0) is 0 Å². The van der Waals surface area contributed by atoms with Crippen LogP contribution in [0.1, 0.15) is 0 Å². The molecule has 0 bridgehead atoms. The lowest BCUT2D eigenvalue weighted by atomic mass is 10.3. The second-order valence-electron chi connectivity index (χ2n) is 2.22. The highest BCUT2D eigenvalue weighted by atomic mass is 79.9. The predicted molar refractivity (Wildman–Crippen MR) is 49.5 cm³/mol. The molecule has 0 fully saturated rings. The molecule has 0 aliphatic heterocycles. The maximum atomic E-state index is 12.9. The van der Waals surface area contributed by atoms with Crippen molar-refractivity contribution in [2.75, 3.05) is 0 Å². The number of hydrogen-bond donors (Lipinski definition) is 0. The maximum absolute atomic E-state index is 12.9. The molecule has 3 heteroatoms. The third-order valence-electron chi connectivity index (χ3n) is 1.49. The molecule has 11 heavy (non-hydrogen) atoms. The molecular formula is C8H4BrFS. The van der Waals surface area contributed by atoms with E-state index in [-0.39, 0.29) is 5.82 Å². The second kappa shape index (κ2) is 2.57. The van der Waals surface area contributed by atoms with Crippen LogP contribution in [0.15, 0.2) is 28.1 Å². The molecule has 0 spiro atoms. The highest BCUT2D eigenvalue weighted by Gasteiger charge is 2.01. The minimum atomic E-state index is -0.127. The summed E-state index contributed by atoms with van der Waals surface area (Å²) in [7, 11) is 0. The Bertz CT molecular complexity index is 394. The van der Waals surface area contributed by atoms with Gasteiger partial charge in [0.25, 0.3) is 0 Å². The Morgan fingerprint density at radius 3 is 3.00 bits per heavy atom. The Labute approximate surface area is 75.8 Å². The summed E-state index contributed by atoms with van der Waals surface area (Å²) in [6.07, 6.45) is 0. The quantitative estimate of drug-likeness (QED) is 0.646. The van der Waals surface area contributed by atoms with Gasteiger partial charge in [-0.1, -0.05) is 15.9 Å². The largest absolute Gasteiger partial charge is 0.205 e. The van der Waals surface area contributed by atoms with Crippen molar-refractivity contribution >= 4 is 37.4 Å². The lowest BCUT2D eigenvalue weighted by molar-refractivity contribution is 0.644. The third-order valence-corrected chi connectivity index (χ3v) is 2.90. The molecule has 0 saturated heterocycles. The minimum absolute atomic E-state index is 0.127. The van der Waals surface area contributed by atoms with E-state index in [1.807, 2.05) is 12.1 Å². The minimum Gasteiger partial charge on any atom is -0.205 e. The summed E-state index contributed by atoms with van der Waals surface area (Å²) < 4.78 is 14.8. The van der Waals surface area contributed by atoms with Crippen molar-refractivity contribution in [2.24, 2.45) is 0 Å². The predicted octanol–water partition coefficient (Wildman–Crippen LogP) is 3.80. The molecule has 1 heterocycles. The molecule has 0 N–H and O–H groups in total. The Morgan fingerprint density at radius 2 is 2.18 bits per heavy atom. The summed E-state index contributed by atoms with van der Waals surface area (Å²) in [5.41, 5.74) is 0. The van der Waals surface area contributed by atoms with Gasteiger partial charge < -0.3 is 0 Å². The van der Waals surface area contributed by atoms with Crippen LogP contribution in [0.25, 0.3) is 10.1 Å². The molecule has 0 aliphatic rings. The van der Waals surface area contributed by atoms with Crippen molar-refractivity contribution in [3.05, 3.63) is 33.9 Å². The Morgan fingerprint density at radius 1 is 1.36 bits per heavy atom. The standard InChI is InChI=1S/C8H4BrFS/c9-5-1-2-6-7(10)4-11-8(6)3-5/h1-4H. The molecule has 1 aromatic heterocycles. The van der Waals surface area contributed by atoms with Crippen LogP contribution in [0.3, 0.4) is 0 Å². The molecule has 0 radical (unpaired) electrons. The van der Waals surface area contributed by atoms with E-state index in [1.54, 1.807) is 6.07 Å². The Kier molecular flexibility index (Phi) is 1.69. The number of halogens is 2. The molecule has 1 aromatic carbocycles. The number of thiophene rings is 1. The average molecular weight is 231 g/mol. The van der Waals surface area contributed by atoms with Crippen LogP contribution >= 0.6 is 27.3 Å². The van der Waals surface area contributed by atoms with Gasteiger partial charge in [-0.15, -0.1) is 11.3 Å². The van der Waals surface area contributed by atoms with Gasteiger partial charge in [0, 0.05) is 19.9 Å². The first kappa shape index (κ1) is 7.25. The van der Waals surface area contributed by atoms with E-state index in [0.29, 0.717) is 5.39 Å². The topological polar surface area (TPSA) is 0 Å². The van der Waals surface area contributed by atoms with E-state index in [2.05, 4.69) is 15.9 Å². The molecule has 0 amide bonds. The van der Waals surface area contributed by atoms with Gasteiger partial charge in [-0.2, -0.15) is 0 Å². The van der Waals surface area contributed by atoms with Gasteiger partial charge in [0.1, 0.15) is 5.82 Å². The molecule has 0 unspecified atom stereocenters. The number of hydrogen-bond acceptors (Lipinski definition) is 1. The zero-order valence-electron chi connectivity index (χ0n) is 5.47. The van der Waals surface area contributed by atoms with Crippen molar-refractivity contribution in [2.45, 2.75) is 0 Å². The highest BCUT2D eigenvalue weighted by Crippen LogP contribution is 2.27. The SMILES string of the molecule is Fc1csc2cc(Br)ccc12. The first-order valence-electron chi connectivity index (χ1n) is 3.09. The van der Waals surface area contributed by atoms with Gasteiger partial charge in [-0.3, -0.25) is 0 Å². The van der Waals surface area contributed by atoms with E-state index in [9.17, 15) is 4.39 Å².